The van der Waals surface area contributed by atoms with E-state index in [-0.39, 0.29) is 54.7 Å². The van der Waals surface area contributed by atoms with Crippen molar-refractivity contribution in [1.29, 1.82) is 0 Å². The Morgan fingerprint density at radius 1 is 1.06 bits per heavy atom. The number of rotatable bonds is 8. The van der Waals surface area contributed by atoms with E-state index in [9.17, 15) is 33.4 Å². The van der Waals surface area contributed by atoms with Crippen LogP contribution in [0.25, 0.3) is 0 Å². The molecule has 0 saturated carbocycles. The van der Waals surface area contributed by atoms with E-state index in [1.165, 1.54) is 35.7 Å². The Labute approximate surface area is 195 Å². The minimum absolute atomic E-state index is 0.0475. The van der Waals surface area contributed by atoms with Crippen LogP contribution in [0.15, 0.2) is 41.3 Å². The van der Waals surface area contributed by atoms with Crippen molar-refractivity contribution in [3.05, 3.63) is 62.2 Å². The number of para-hydroxylation sites is 1. The van der Waals surface area contributed by atoms with Gasteiger partial charge in [0.25, 0.3) is 5.69 Å². The zero-order valence-electron chi connectivity index (χ0n) is 18.5. The first-order valence-corrected chi connectivity index (χ1v) is 11.6. The van der Waals surface area contributed by atoms with E-state index in [0.29, 0.717) is 5.56 Å². The monoisotopic (exact) mass is 493 g/mol. The van der Waals surface area contributed by atoms with Crippen molar-refractivity contribution in [2.75, 3.05) is 45.2 Å². The van der Waals surface area contributed by atoms with Crippen molar-refractivity contribution < 1.29 is 27.8 Å². The van der Waals surface area contributed by atoms with E-state index in [0.717, 1.165) is 6.07 Å². The number of nitrogens with one attached hydrogen (secondary N) is 1. The number of nitro groups is 2. The molecule has 1 aliphatic heterocycles. The van der Waals surface area contributed by atoms with Crippen LogP contribution in [0.3, 0.4) is 0 Å². The van der Waals surface area contributed by atoms with Gasteiger partial charge in [0.05, 0.1) is 28.4 Å². The van der Waals surface area contributed by atoms with Gasteiger partial charge >= 0.3 is 5.69 Å². The number of nitro benzene ring substituents is 2. The van der Waals surface area contributed by atoms with Gasteiger partial charge in [0.1, 0.15) is 5.69 Å². The van der Waals surface area contributed by atoms with Crippen LogP contribution in [-0.2, 0) is 14.8 Å². The van der Waals surface area contributed by atoms with E-state index in [4.69, 9.17) is 4.74 Å². The van der Waals surface area contributed by atoms with Gasteiger partial charge in [-0.2, -0.15) is 4.31 Å². The summed E-state index contributed by atoms with van der Waals surface area (Å²) in [5, 5.41) is 25.0. The zero-order valence-corrected chi connectivity index (χ0v) is 19.3. The topological polar surface area (TPSA) is 165 Å². The third-order valence-electron chi connectivity index (χ3n) is 5.40. The molecule has 0 unspecified atom stereocenters. The maximum absolute atomic E-state index is 13.0. The van der Waals surface area contributed by atoms with Crippen molar-refractivity contribution in [2.24, 2.45) is 0 Å². The number of aryl methyl sites for hydroxylation is 1. The molecule has 0 atom stereocenters. The highest BCUT2D eigenvalue weighted by Crippen LogP contribution is 2.31. The van der Waals surface area contributed by atoms with Crippen LogP contribution < -0.4 is 10.1 Å². The quantitative estimate of drug-likeness (QED) is 0.426. The SMILES string of the molecule is COc1ccc(S(=O)(=O)N2CCN(CC(=O)Nc3c(C)cccc3[N+](=O)[O-])CC2)cc1[N+](=O)[O-]. The zero-order chi connectivity index (χ0) is 25.0. The largest absolute Gasteiger partial charge is 0.490 e. The summed E-state index contributed by atoms with van der Waals surface area (Å²) in [6.45, 7) is 2.19. The second-order valence-corrected chi connectivity index (χ2v) is 9.48. The van der Waals surface area contributed by atoms with Gasteiger partial charge in [0, 0.05) is 38.3 Å². The molecule has 2 aromatic carbocycles. The molecule has 0 aromatic heterocycles. The van der Waals surface area contributed by atoms with Crippen LogP contribution in [0.2, 0.25) is 0 Å². The second-order valence-electron chi connectivity index (χ2n) is 7.55. The number of anilines is 1. The highest BCUT2D eigenvalue weighted by atomic mass is 32.2. The van der Waals surface area contributed by atoms with Gasteiger partial charge in [0.15, 0.2) is 5.75 Å². The second kappa shape index (κ2) is 10.1. The number of sulfonamides is 1. The first-order valence-electron chi connectivity index (χ1n) is 10.1. The van der Waals surface area contributed by atoms with Gasteiger partial charge in [-0.1, -0.05) is 12.1 Å². The minimum Gasteiger partial charge on any atom is -0.490 e. The van der Waals surface area contributed by atoms with Crippen LogP contribution in [0.1, 0.15) is 5.56 Å². The molecule has 0 radical (unpaired) electrons. The number of hydrogen-bond acceptors (Lipinski definition) is 9. The number of methoxy groups -OCH3 is 1. The Morgan fingerprint density at radius 2 is 1.71 bits per heavy atom. The Hall–Kier alpha value is -3.62. The summed E-state index contributed by atoms with van der Waals surface area (Å²) in [6.07, 6.45) is 0. The standard InChI is InChI=1S/C20H23N5O8S/c1-14-4-3-5-16(24(27)28)20(14)21-19(26)13-22-8-10-23(11-9-22)34(31,32)15-6-7-18(33-2)17(12-15)25(29)30/h3-7,12H,8-11,13H2,1-2H3,(H,21,26). The van der Waals surface area contributed by atoms with Gasteiger partial charge in [-0.15, -0.1) is 0 Å². The van der Waals surface area contributed by atoms with Gasteiger partial charge in [0.2, 0.25) is 15.9 Å². The van der Waals surface area contributed by atoms with Crippen molar-refractivity contribution in [3.8, 4) is 5.75 Å². The molecule has 1 amide bonds. The molecule has 0 aliphatic carbocycles. The number of piperazine rings is 1. The Bertz CT molecular complexity index is 1230. The Kier molecular flexibility index (Phi) is 7.44. The highest BCUT2D eigenvalue weighted by molar-refractivity contribution is 7.89. The molecule has 1 aliphatic rings. The van der Waals surface area contributed by atoms with Crippen molar-refractivity contribution >= 4 is 33.0 Å². The lowest BCUT2D eigenvalue weighted by atomic mass is 10.1. The molecular weight excluding hydrogens is 470 g/mol. The van der Waals surface area contributed by atoms with E-state index in [1.807, 2.05) is 0 Å². The number of benzene rings is 2. The van der Waals surface area contributed by atoms with E-state index in [1.54, 1.807) is 17.9 Å². The van der Waals surface area contributed by atoms with E-state index >= 15 is 0 Å². The number of carbonyl (C=O) groups excluding carboxylic acids is 1. The first-order chi connectivity index (χ1) is 16.0. The molecule has 1 N–H and O–H groups in total. The first kappa shape index (κ1) is 25.0. The molecule has 14 heteroatoms. The fraction of sp³-hybridized carbons (Fsp3) is 0.350. The van der Waals surface area contributed by atoms with Gasteiger partial charge in [-0.3, -0.25) is 29.9 Å². The summed E-state index contributed by atoms with van der Waals surface area (Å²) >= 11 is 0. The average Bonchev–Trinajstić information content (AvgIpc) is 2.80. The van der Waals surface area contributed by atoms with Gasteiger partial charge < -0.3 is 10.1 Å². The van der Waals surface area contributed by atoms with Gasteiger partial charge in [-0.05, 0) is 24.6 Å². The predicted octanol–water partition coefficient (Wildman–Crippen LogP) is 1.77. The molecule has 0 spiro atoms. The number of carbonyl (C=O) groups is 1. The molecule has 3 rings (SSSR count). The lowest BCUT2D eigenvalue weighted by Crippen LogP contribution is -2.50. The summed E-state index contributed by atoms with van der Waals surface area (Å²) in [5.41, 5.74) is 0.00823. The maximum Gasteiger partial charge on any atom is 0.312 e. The molecular formula is C20H23N5O8S. The summed E-state index contributed by atoms with van der Waals surface area (Å²) in [5.74, 6) is -0.506. The van der Waals surface area contributed by atoms with E-state index in [2.05, 4.69) is 5.32 Å². The molecule has 0 bridgehead atoms. The third kappa shape index (κ3) is 5.30. The number of amides is 1. The summed E-state index contributed by atoms with van der Waals surface area (Å²) < 4.78 is 32.0. The third-order valence-corrected chi connectivity index (χ3v) is 7.29. The Morgan fingerprint density at radius 3 is 2.29 bits per heavy atom. The fourth-order valence-electron chi connectivity index (χ4n) is 3.60. The van der Waals surface area contributed by atoms with Crippen molar-refractivity contribution in [1.82, 2.24) is 9.21 Å². The smallest absolute Gasteiger partial charge is 0.312 e. The average molecular weight is 493 g/mol. The summed E-state index contributed by atoms with van der Waals surface area (Å²) in [7, 11) is -2.74. The number of hydrogen-bond donors (Lipinski definition) is 1. The molecule has 1 saturated heterocycles. The van der Waals surface area contributed by atoms with Crippen LogP contribution in [0.4, 0.5) is 17.1 Å². The molecule has 13 nitrogen and oxygen atoms in total. The normalized spacial score (nSPS) is 15.0. The lowest BCUT2D eigenvalue weighted by Gasteiger charge is -2.33. The lowest BCUT2D eigenvalue weighted by molar-refractivity contribution is -0.386. The number of ether oxygens (including phenoxy) is 1. The van der Waals surface area contributed by atoms with Crippen molar-refractivity contribution in [3.63, 3.8) is 0 Å². The van der Waals surface area contributed by atoms with Crippen molar-refractivity contribution in [2.45, 2.75) is 11.8 Å². The molecule has 1 heterocycles. The molecule has 1 fully saturated rings. The van der Waals surface area contributed by atoms with Crippen LogP contribution >= 0.6 is 0 Å². The minimum atomic E-state index is -3.99. The van der Waals surface area contributed by atoms with Crippen LogP contribution in [0.5, 0.6) is 5.75 Å². The highest BCUT2D eigenvalue weighted by Gasteiger charge is 2.31. The molecule has 2 aromatic rings. The fourth-order valence-corrected chi connectivity index (χ4v) is 5.04. The van der Waals surface area contributed by atoms with Crippen LogP contribution in [-0.4, -0.2) is 73.2 Å². The summed E-state index contributed by atoms with van der Waals surface area (Å²) in [6, 6.07) is 7.92. The maximum atomic E-state index is 13.0. The summed E-state index contributed by atoms with van der Waals surface area (Å²) in [4.78, 5) is 35.1. The number of nitrogens with zero attached hydrogens (tertiary/aromatic N) is 4. The Balaban J connectivity index is 1.65. The molecule has 182 valence electrons. The predicted molar refractivity (Wildman–Crippen MR) is 121 cm³/mol. The molecule has 34 heavy (non-hydrogen) atoms. The van der Waals surface area contributed by atoms with E-state index < -0.39 is 31.5 Å². The van der Waals surface area contributed by atoms with Gasteiger partial charge in [-0.25, -0.2) is 8.42 Å². The van der Waals surface area contributed by atoms with Crippen LogP contribution in [0, 0.1) is 27.2 Å².